The van der Waals surface area contributed by atoms with Crippen molar-refractivity contribution in [1.82, 2.24) is 15.0 Å². The Kier molecular flexibility index (Phi) is 6.29. The van der Waals surface area contributed by atoms with Crippen LogP contribution < -0.4 is 4.74 Å². The highest BCUT2D eigenvalue weighted by molar-refractivity contribution is 7.93. The topological polar surface area (TPSA) is 143 Å². The molecule has 0 amide bonds. The first-order valence-corrected chi connectivity index (χ1v) is 14.1. The van der Waals surface area contributed by atoms with Crippen LogP contribution in [0.3, 0.4) is 0 Å². The molecule has 2 aliphatic rings. The fourth-order valence-electron chi connectivity index (χ4n) is 4.69. The minimum Gasteiger partial charge on any atom is -0.456 e. The number of fused-ring (bicyclic) bond motifs is 2. The van der Waals surface area contributed by atoms with Gasteiger partial charge in [-0.15, -0.1) is 4.36 Å². The van der Waals surface area contributed by atoms with E-state index in [1.807, 2.05) is 36.4 Å². The largest absolute Gasteiger partial charge is 0.456 e. The van der Waals surface area contributed by atoms with Crippen molar-refractivity contribution in [2.45, 2.75) is 29.3 Å². The van der Waals surface area contributed by atoms with E-state index < -0.39 is 28.0 Å². The summed E-state index contributed by atoms with van der Waals surface area (Å²) in [5, 5.41) is 19.1. The molecule has 2 aromatic heterocycles. The van der Waals surface area contributed by atoms with E-state index in [0.29, 0.717) is 33.4 Å². The molecule has 2 aliphatic heterocycles. The van der Waals surface area contributed by atoms with Crippen molar-refractivity contribution >= 4 is 32.5 Å². The summed E-state index contributed by atoms with van der Waals surface area (Å²) < 4.78 is 33.2. The number of nitrogens with zero attached hydrogens (tertiary/aromatic N) is 4. The lowest BCUT2D eigenvalue weighted by Crippen LogP contribution is -2.34. The van der Waals surface area contributed by atoms with Crippen LogP contribution in [0.25, 0.3) is 33.5 Å². The zero-order valence-electron chi connectivity index (χ0n) is 20.1. The standard InChI is InChI=1S/C26H22ClN5O5S/c1-38(34,29-13-28)17-8-6-15(7-9-17)14-2-4-16(5-3-14)22-18(27)10-19-25(31-22)32-26(30-19)37-21-12-36-23-20(33)11-35-24(21)23/h2-10,20-21,23-24,33H,11-12H2,1H3,(H,30,31,32)/t20-,21-,23-,24-,38?/m1/s1. The third-order valence-corrected chi connectivity index (χ3v) is 8.51. The number of aromatic nitrogens is 3. The predicted octanol–water partition coefficient (Wildman–Crippen LogP) is 3.79. The highest BCUT2D eigenvalue weighted by Gasteiger charge is 2.48. The van der Waals surface area contributed by atoms with Gasteiger partial charge < -0.3 is 24.3 Å². The molecule has 4 aromatic rings. The van der Waals surface area contributed by atoms with Crippen molar-refractivity contribution in [3.63, 3.8) is 0 Å². The molecule has 4 heterocycles. The van der Waals surface area contributed by atoms with Crippen LogP contribution in [0.15, 0.2) is 63.9 Å². The molecule has 2 aromatic carbocycles. The lowest BCUT2D eigenvalue weighted by Gasteiger charge is -2.15. The molecule has 0 aliphatic carbocycles. The van der Waals surface area contributed by atoms with Crippen molar-refractivity contribution < 1.29 is 23.5 Å². The highest BCUT2D eigenvalue weighted by atomic mass is 35.5. The number of aromatic amines is 1. The predicted molar refractivity (Wildman–Crippen MR) is 140 cm³/mol. The quantitative estimate of drug-likeness (QED) is 0.357. The molecule has 2 saturated heterocycles. The number of hydrogen-bond donors (Lipinski definition) is 2. The Bertz CT molecular complexity index is 1680. The zero-order chi connectivity index (χ0) is 26.4. The summed E-state index contributed by atoms with van der Waals surface area (Å²) in [6.45, 7) is 0.517. The number of aliphatic hydroxyl groups excluding tert-OH is 1. The Morgan fingerprint density at radius 1 is 1.08 bits per heavy atom. The molecule has 10 nitrogen and oxygen atoms in total. The van der Waals surface area contributed by atoms with Crippen LogP contribution in [0.5, 0.6) is 6.01 Å². The lowest BCUT2D eigenvalue weighted by atomic mass is 10.0. The SMILES string of the molecule is CS(=O)(=NC#N)c1ccc(-c2ccc(-c3nc4nc(O[C@@H]5CO[C@H]6[C@@H]5OC[C@H]6O)[nH]c4cc3Cl)cc2)cc1. The fourth-order valence-corrected chi connectivity index (χ4v) is 5.86. The van der Waals surface area contributed by atoms with Crippen molar-refractivity contribution in [1.29, 1.82) is 5.26 Å². The summed E-state index contributed by atoms with van der Waals surface area (Å²) in [5.74, 6) is 0. The van der Waals surface area contributed by atoms with Gasteiger partial charge in [0.2, 0.25) is 6.19 Å². The lowest BCUT2D eigenvalue weighted by molar-refractivity contribution is 0.00706. The van der Waals surface area contributed by atoms with Crippen LogP contribution in [0, 0.1) is 11.5 Å². The zero-order valence-corrected chi connectivity index (χ0v) is 21.6. The summed E-state index contributed by atoms with van der Waals surface area (Å²) in [6, 6.07) is 16.9. The van der Waals surface area contributed by atoms with E-state index in [2.05, 4.69) is 19.3 Å². The molecule has 0 saturated carbocycles. The van der Waals surface area contributed by atoms with E-state index in [1.165, 1.54) is 6.26 Å². The molecule has 1 unspecified atom stereocenters. The summed E-state index contributed by atoms with van der Waals surface area (Å²) in [4.78, 5) is 12.7. The van der Waals surface area contributed by atoms with Gasteiger partial charge in [0, 0.05) is 16.7 Å². The van der Waals surface area contributed by atoms with Gasteiger partial charge in [0.05, 0.1) is 39.2 Å². The van der Waals surface area contributed by atoms with Crippen LogP contribution in [0.4, 0.5) is 0 Å². The minimum absolute atomic E-state index is 0.221. The number of benzene rings is 2. The number of ether oxygens (including phenoxy) is 3. The number of rotatable bonds is 5. The second kappa shape index (κ2) is 9.65. The van der Waals surface area contributed by atoms with Gasteiger partial charge in [-0.1, -0.05) is 48.0 Å². The highest BCUT2D eigenvalue weighted by Crippen LogP contribution is 2.33. The van der Waals surface area contributed by atoms with Crippen molar-refractivity contribution in [2.75, 3.05) is 19.5 Å². The van der Waals surface area contributed by atoms with E-state index in [1.54, 1.807) is 24.4 Å². The van der Waals surface area contributed by atoms with Gasteiger partial charge >= 0.3 is 0 Å². The normalized spacial score (nSPS) is 24.1. The summed E-state index contributed by atoms with van der Waals surface area (Å²) in [6.07, 6.45) is 1.27. The van der Waals surface area contributed by atoms with Crippen molar-refractivity contribution in [3.05, 3.63) is 59.6 Å². The number of halogens is 1. The maximum absolute atomic E-state index is 12.5. The second-order valence-corrected chi connectivity index (χ2v) is 11.8. The number of H-pyrrole nitrogens is 1. The molecule has 12 heteroatoms. The first-order chi connectivity index (χ1) is 18.3. The number of imidazole rings is 1. The van der Waals surface area contributed by atoms with Gasteiger partial charge in [0.15, 0.2) is 11.8 Å². The molecular formula is C26H22ClN5O5S. The Balaban J connectivity index is 1.22. The van der Waals surface area contributed by atoms with E-state index in [4.69, 9.17) is 31.1 Å². The molecule has 6 rings (SSSR count). The average Bonchev–Trinajstić information content (AvgIpc) is 3.60. The Hall–Kier alpha value is -3.53. The number of nitriles is 1. The smallest absolute Gasteiger partial charge is 0.296 e. The number of hydrogen-bond acceptors (Lipinski definition) is 9. The Labute approximate surface area is 223 Å². The maximum Gasteiger partial charge on any atom is 0.296 e. The number of aliphatic hydroxyl groups is 1. The molecule has 0 bridgehead atoms. The fraction of sp³-hybridized carbons (Fsp3) is 0.269. The average molecular weight is 552 g/mol. The third kappa shape index (κ3) is 4.51. The summed E-state index contributed by atoms with van der Waals surface area (Å²) in [7, 11) is -2.74. The van der Waals surface area contributed by atoms with Gasteiger partial charge in [-0.2, -0.15) is 10.2 Å². The van der Waals surface area contributed by atoms with E-state index in [-0.39, 0.29) is 18.7 Å². The van der Waals surface area contributed by atoms with Gasteiger partial charge in [-0.25, -0.2) is 9.19 Å². The molecule has 0 spiro atoms. The van der Waals surface area contributed by atoms with Crippen LogP contribution in [-0.4, -0.2) is 68.2 Å². The first-order valence-electron chi connectivity index (χ1n) is 11.8. The molecule has 2 N–H and O–H groups in total. The molecule has 194 valence electrons. The van der Waals surface area contributed by atoms with E-state index in [9.17, 15) is 9.32 Å². The van der Waals surface area contributed by atoms with Crippen molar-refractivity contribution in [2.24, 2.45) is 4.36 Å². The number of pyridine rings is 1. The van der Waals surface area contributed by atoms with E-state index >= 15 is 0 Å². The minimum atomic E-state index is -2.74. The third-order valence-electron chi connectivity index (χ3n) is 6.65. The van der Waals surface area contributed by atoms with Gasteiger partial charge in [-0.05, 0) is 29.3 Å². The molecule has 2 fully saturated rings. The van der Waals surface area contributed by atoms with Crippen LogP contribution >= 0.6 is 11.6 Å². The van der Waals surface area contributed by atoms with Crippen molar-refractivity contribution in [3.8, 4) is 34.6 Å². The second-order valence-electron chi connectivity index (χ2n) is 9.15. The van der Waals surface area contributed by atoms with Crippen LogP contribution in [-0.2, 0) is 19.2 Å². The summed E-state index contributed by atoms with van der Waals surface area (Å²) >= 11 is 6.57. The van der Waals surface area contributed by atoms with E-state index in [0.717, 1.165) is 16.7 Å². The van der Waals surface area contributed by atoms with Gasteiger partial charge in [0.25, 0.3) is 6.01 Å². The van der Waals surface area contributed by atoms with Crippen LogP contribution in [0.2, 0.25) is 5.02 Å². The Morgan fingerprint density at radius 3 is 2.45 bits per heavy atom. The molecule has 5 atom stereocenters. The van der Waals surface area contributed by atoms with Gasteiger partial charge in [-0.3, -0.25) is 0 Å². The van der Waals surface area contributed by atoms with Gasteiger partial charge in [0.1, 0.15) is 18.3 Å². The molecule has 38 heavy (non-hydrogen) atoms. The Morgan fingerprint density at radius 2 is 1.74 bits per heavy atom. The van der Waals surface area contributed by atoms with Crippen LogP contribution in [0.1, 0.15) is 0 Å². The number of nitrogens with one attached hydrogen (secondary N) is 1. The monoisotopic (exact) mass is 551 g/mol. The molecule has 0 radical (unpaired) electrons. The molecular weight excluding hydrogens is 530 g/mol. The summed E-state index contributed by atoms with van der Waals surface area (Å²) in [5.41, 5.74) is 4.34. The first kappa shape index (κ1) is 24.8. The maximum atomic E-state index is 12.5.